The molecule has 0 aliphatic carbocycles. The summed E-state index contributed by atoms with van der Waals surface area (Å²) in [6.07, 6.45) is -15.4. The molecule has 26 heteroatoms. The number of hydrogen-bond donors (Lipinski definition) is 1. The Morgan fingerprint density at radius 3 is 0.658 bits per heavy atom. The lowest BCUT2D eigenvalue weighted by Crippen LogP contribution is -2.78. The van der Waals surface area contributed by atoms with Crippen molar-refractivity contribution in [3.8, 4) is 0 Å². The van der Waals surface area contributed by atoms with Gasteiger partial charge < -0.3 is 5.11 Å². The third-order valence-corrected chi connectivity index (χ3v) is 5.64. The van der Waals surface area contributed by atoms with Crippen LogP contribution in [0.25, 0.3) is 0 Å². The summed E-state index contributed by atoms with van der Waals surface area (Å²) in [5, 5.41) is 7.63. The predicted octanol–water partition coefficient (Wildman–Crippen LogP) is 7.95. The average molecular weight is 744 g/mol. The second kappa shape index (κ2) is 8.75. The van der Waals surface area contributed by atoms with E-state index in [0.717, 1.165) is 0 Å². The quantitative estimate of drug-likeness (QED) is 0.137. The Hall–Kier alpha value is -0.990. The van der Waals surface area contributed by atoms with E-state index in [1.165, 1.54) is 0 Å². The van der Waals surface area contributed by atoms with Crippen molar-refractivity contribution in [3.05, 3.63) is 0 Å². The van der Waals surface area contributed by atoms with Crippen LogP contribution in [-0.4, -0.2) is 74.4 Å². The van der Waals surface area contributed by atoms with Gasteiger partial charge in [-0.2, -0.15) is 101 Å². The van der Waals surface area contributed by atoms with Gasteiger partial charge in [-0.1, -0.05) is 0 Å². The fourth-order valence-electron chi connectivity index (χ4n) is 1.94. The fraction of sp³-hybridized carbons (Fsp3) is 1.00. The summed E-state index contributed by atoms with van der Waals surface area (Å²) in [5.41, 5.74) is 0. The molecule has 0 aliphatic rings. The largest absolute Gasteiger partial charge is 0.460 e. The van der Waals surface area contributed by atoms with Crippen molar-refractivity contribution in [2.75, 3.05) is 0 Å². The Bertz CT molecular complexity index is 804. The Kier molecular flexibility index (Phi) is 8.53. The van der Waals surface area contributed by atoms with E-state index in [9.17, 15) is 105 Å². The average Bonchev–Trinajstić information content (AvgIpc) is 2.64. The first-order chi connectivity index (χ1) is 15.8. The third-order valence-electron chi connectivity index (χ3n) is 4.28. The lowest BCUT2D eigenvalue weighted by molar-refractivity contribution is -0.474. The molecule has 0 radical (unpaired) electrons. The first-order valence-corrected chi connectivity index (χ1v) is 8.78. The van der Waals surface area contributed by atoms with Gasteiger partial charge >= 0.3 is 69.3 Å². The van der Waals surface area contributed by atoms with Crippen molar-refractivity contribution >= 4 is 22.6 Å². The van der Waals surface area contributed by atoms with E-state index in [0.29, 0.717) is 0 Å². The third kappa shape index (κ3) is 4.22. The zero-order chi connectivity index (χ0) is 32.0. The van der Waals surface area contributed by atoms with Crippen LogP contribution in [0.15, 0.2) is 0 Å². The van der Waals surface area contributed by atoms with Crippen molar-refractivity contribution in [1.82, 2.24) is 0 Å². The van der Waals surface area contributed by atoms with Gasteiger partial charge in [-0.3, -0.25) is 0 Å². The molecule has 0 amide bonds. The summed E-state index contributed by atoms with van der Waals surface area (Å²) in [6, 6.07) is 0. The van der Waals surface area contributed by atoms with Crippen LogP contribution >= 0.6 is 22.6 Å². The zero-order valence-electron chi connectivity index (χ0n) is 15.9. The maximum absolute atomic E-state index is 13.7. The van der Waals surface area contributed by atoms with Crippen LogP contribution in [0, 0.1) is 0 Å². The summed E-state index contributed by atoms with van der Waals surface area (Å²) in [5.74, 6) is -80.7. The van der Waals surface area contributed by atoms with Crippen molar-refractivity contribution in [1.29, 1.82) is 0 Å². The van der Waals surface area contributed by atoms with Gasteiger partial charge in [0, 0.05) is 0 Å². The van der Waals surface area contributed by atoms with E-state index >= 15 is 0 Å². The van der Waals surface area contributed by atoms with Gasteiger partial charge in [0.15, 0.2) is 0 Å². The molecule has 0 saturated carbocycles. The van der Waals surface area contributed by atoms with E-state index in [4.69, 9.17) is 5.11 Å². The van der Waals surface area contributed by atoms with Gasteiger partial charge in [0.1, 0.15) is 0 Å². The van der Waals surface area contributed by atoms with E-state index in [1.807, 2.05) is 0 Å². The number of hydrogen-bond acceptors (Lipinski definition) is 1. The summed E-state index contributed by atoms with van der Waals surface area (Å²) in [7, 11) is 0. The summed E-state index contributed by atoms with van der Waals surface area (Å²) in [4.78, 5) is 0. The molecule has 0 spiro atoms. The lowest BCUT2D eigenvalue weighted by atomic mass is 9.86. The van der Waals surface area contributed by atoms with Crippen molar-refractivity contribution in [2.24, 2.45) is 0 Å². The van der Waals surface area contributed by atoms with Crippen LogP contribution in [-0.2, 0) is 0 Å². The molecule has 230 valence electrons. The maximum Gasteiger partial charge on any atom is 0.460 e. The molecule has 1 unspecified atom stereocenters. The highest BCUT2D eigenvalue weighted by Crippen LogP contribution is 2.68. The number of halogens is 25. The SMILES string of the molecule is OC(F)(F)C(F)(F)C(F)(I)C(F)(F)C(F)(F)C(F)(F)C(F)(F)C(F)(F)C(F)(F)C(F)(F)C(F)(F)C(F)(F)F. The number of rotatable bonds is 10. The van der Waals surface area contributed by atoms with E-state index in [2.05, 4.69) is 0 Å². The highest BCUT2D eigenvalue weighted by molar-refractivity contribution is 14.1. The van der Waals surface area contributed by atoms with Gasteiger partial charge in [-0.25, -0.2) is 4.39 Å². The van der Waals surface area contributed by atoms with E-state index in [-0.39, 0.29) is 0 Å². The zero-order valence-corrected chi connectivity index (χ0v) is 18.1. The van der Waals surface area contributed by atoms with Crippen LogP contribution in [0.5, 0.6) is 0 Å². The maximum atomic E-state index is 13.7. The second-order valence-corrected chi connectivity index (χ2v) is 8.27. The topological polar surface area (TPSA) is 20.2 Å². The molecule has 0 saturated heterocycles. The Labute approximate surface area is 203 Å². The van der Waals surface area contributed by atoms with Crippen LogP contribution in [0.2, 0.25) is 0 Å². The molecule has 1 atom stereocenters. The van der Waals surface area contributed by atoms with E-state index in [1.54, 1.807) is 0 Å². The molecule has 0 aliphatic heterocycles. The second-order valence-electron chi connectivity index (χ2n) is 6.78. The summed E-state index contributed by atoms with van der Waals surface area (Å²) in [6.45, 7) is 0. The normalized spacial score (nSPS) is 18.5. The number of alkyl halides is 25. The highest BCUT2D eigenvalue weighted by Gasteiger charge is 2.99. The van der Waals surface area contributed by atoms with E-state index < -0.39 is 91.9 Å². The molecular formula is C12HF24IO. The van der Waals surface area contributed by atoms with Gasteiger partial charge in [0.2, 0.25) is 0 Å². The lowest BCUT2D eigenvalue weighted by Gasteiger charge is -2.46. The van der Waals surface area contributed by atoms with Gasteiger partial charge in [-0.05, 0) is 22.6 Å². The molecule has 0 fully saturated rings. The first-order valence-electron chi connectivity index (χ1n) is 7.70. The van der Waals surface area contributed by atoms with Crippen molar-refractivity contribution in [2.45, 2.75) is 69.3 Å². The van der Waals surface area contributed by atoms with Crippen molar-refractivity contribution in [3.63, 3.8) is 0 Å². The van der Waals surface area contributed by atoms with Crippen LogP contribution < -0.4 is 0 Å². The van der Waals surface area contributed by atoms with Crippen LogP contribution in [0.1, 0.15) is 0 Å². The predicted molar refractivity (Wildman–Crippen MR) is 75.6 cm³/mol. The Morgan fingerprint density at radius 1 is 0.289 bits per heavy atom. The van der Waals surface area contributed by atoms with Crippen LogP contribution in [0.3, 0.4) is 0 Å². The fourth-order valence-corrected chi connectivity index (χ4v) is 2.61. The monoisotopic (exact) mass is 744 g/mol. The van der Waals surface area contributed by atoms with Gasteiger partial charge in [0.05, 0.1) is 0 Å². The van der Waals surface area contributed by atoms with Crippen LogP contribution in [0.4, 0.5) is 105 Å². The Morgan fingerprint density at radius 2 is 0.474 bits per heavy atom. The van der Waals surface area contributed by atoms with Gasteiger partial charge in [-0.15, -0.1) is 0 Å². The standard InChI is InChI=1S/C12HF24IO/c13-1(14,2(15,16)4(19,20)6(23,24)8(27,28)11(32,33)34)3(17,18)5(21,22)7(25,26)10(31,37)9(29,30)12(35,36)38/h38H. The smallest absolute Gasteiger partial charge is 0.331 e. The highest BCUT2D eigenvalue weighted by atomic mass is 127. The molecule has 0 rings (SSSR count). The number of aliphatic hydroxyl groups is 1. The molecule has 38 heavy (non-hydrogen) atoms. The molecule has 1 N–H and O–H groups in total. The van der Waals surface area contributed by atoms with Gasteiger partial charge in [0.25, 0.3) is 0 Å². The molecule has 0 aromatic carbocycles. The molecular weight excluding hydrogens is 743 g/mol. The molecule has 0 aromatic rings. The summed E-state index contributed by atoms with van der Waals surface area (Å²) >= 11 is -1.70. The minimum atomic E-state index is -9.45. The molecule has 0 heterocycles. The summed E-state index contributed by atoms with van der Waals surface area (Å²) < 4.78 is 305. The minimum Gasteiger partial charge on any atom is -0.331 e. The Balaban J connectivity index is 7.29. The first kappa shape index (κ1) is 37.0. The molecule has 1 nitrogen and oxygen atoms in total. The molecule has 0 aromatic heterocycles. The minimum absolute atomic E-state index is 1.70. The molecule has 0 bridgehead atoms. The van der Waals surface area contributed by atoms with Crippen molar-refractivity contribution < 1.29 is 110 Å².